The third-order valence-corrected chi connectivity index (χ3v) is 2.51. The van der Waals surface area contributed by atoms with Gasteiger partial charge in [-0.05, 0) is 24.0 Å². The fraction of sp³-hybridized carbons (Fsp3) is 0.571. The second kappa shape index (κ2) is 6.25. The molecule has 18 heavy (non-hydrogen) atoms. The monoisotopic (exact) mass is 246 g/mol. The first kappa shape index (κ1) is 14.3. The minimum Gasteiger partial charge on any atom is -0.396 e. The minimum absolute atomic E-state index is 0.310. The molecule has 0 atom stereocenters. The zero-order valence-electron chi connectivity index (χ0n) is 11.6. The summed E-state index contributed by atoms with van der Waals surface area (Å²) in [4.78, 5) is 6.55. The minimum atomic E-state index is 0.310. The number of hydrogen-bond donors (Lipinski definition) is 1. The van der Waals surface area contributed by atoms with Crippen LogP contribution in [0.1, 0.15) is 33.4 Å². The van der Waals surface area contributed by atoms with Crippen LogP contribution < -0.4 is 10.6 Å². The first-order chi connectivity index (χ1) is 8.43. The molecule has 0 radical (unpaired) electrons. The van der Waals surface area contributed by atoms with Crippen LogP contribution in [-0.2, 0) is 0 Å². The van der Waals surface area contributed by atoms with Crippen molar-refractivity contribution in [2.45, 2.75) is 27.7 Å². The molecule has 0 amide bonds. The molecule has 1 aromatic rings. The van der Waals surface area contributed by atoms with E-state index in [9.17, 15) is 0 Å². The van der Waals surface area contributed by atoms with E-state index in [0.29, 0.717) is 23.2 Å². The molecular formula is C14H22N4. The van der Waals surface area contributed by atoms with E-state index in [0.717, 1.165) is 18.9 Å². The molecule has 1 aromatic heterocycles. The van der Waals surface area contributed by atoms with E-state index in [1.165, 1.54) is 0 Å². The average molecular weight is 246 g/mol. The molecule has 4 heteroatoms. The molecule has 0 aliphatic heterocycles. The molecule has 1 rings (SSSR count). The van der Waals surface area contributed by atoms with Gasteiger partial charge in [-0.2, -0.15) is 5.26 Å². The molecule has 0 unspecified atom stereocenters. The number of nitrogens with two attached hydrogens (primary N) is 1. The summed E-state index contributed by atoms with van der Waals surface area (Å²) in [6.07, 6.45) is 0. The highest BCUT2D eigenvalue weighted by Gasteiger charge is 2.13. The highest BCUT2D eigenvalue weighted by atomic mass is 15.2. The van der Waals surface area contributed by atoms with Crippen molar-refractivity contribution in [3.63, 3.8) is 0 Å². The number of hydrogen-bond acceptors (Lipinski definition) is 4. The smallest absolute Gasteiger partial charge is 0.165 e. The Labute approximate surface area is 109 Å². The lowest BCUT2D eigenvalue weighted by Gasteiger charge is -2.27. The predicted molar refractivity (Wildman–Crippen MR) is 75.3 cm³/mol. The summed E-state index contributed by atoms with van der Waals surface area (Å²) in [5.41, 5.74) is 6.45. The van der Waals surface area contributed by atoms with Crippen molar-refractivity contribution in [1.82, 2.24) is 4.98 Å². The molecule has 4 nitrogen and oxygen atoms in total. The first-order valence-electron chi connectivity index (χ1n) is 6.35. The summed E-state index contributed by atoms with van der Waals surface area (Å²) in [7, 11) is 0. The number of nitrogen functional groups attached to an aromatic ring is 1. The number of aromatic nitrogens is 1. The van der Waals surface area contributed by atoms with Crippen molar-refractivity contribution in [3.8, 4) is 6.07 Å². The highest BCUT2D eigenvalue weighted by Crippen LogP contribution is 2.18. The van der Waals surface area contributed by atoms with Crippen LogP contribution in [0.15, 0.2) is 12.1 Å². The standard InChI is InChI=1S/C14H22N4/c1-10(2)8-18(9-11(3)4)14-6-5-12(16)13(7-15)17-14/h5-6,10-11H,8-9,16H2,1-4H3. The lowest BCUT2D eigenvalue weighted by atomic mass is 10.1. The Bertz CT molecular complexity index is 422. The van der Waals surface area contributed by atoms with Gasteiger partial charge in [0.05, 0.1) is 5.69 Å². The van der Waals surface area contributed by atoms with Crippen molar-refractivity contribution in [2.24, 2.45) is 11.8 Å². The van der Waals surface area contributed by atoms with Crippen molar-refractivity contribution in [1.29, 1.82) is 5.26 Å². The lowest BCUT2D eigenvalue weighted by molar-refractivity contribution is 0.549. The summed E-state index contributed by atoms with van der Waals surface area (Å²) in [6, 6.07) is 5.68. The number of pyridine rings is 1. The molecule has 1 heterocycles. The summed E-state index contributed by atoms with van der Waals surface area (Å²) in [6.45, 7) is 10.6. The van der Waals surface area contributed by atoms with E-state index >= 15 is 0 Å². The number of rotatable bonds is 5. The molecule has 0 aliphatic rings. The van der Waals surface area contributed by atoms with Crippen molar-refractivity contribution in [2.75, 3.05) is 23.7 Å². The van der Waals surface area contributed by atoms with Gasteiger partial charge in [-0.3, -0.25) is 0 Å². The van der Waals surface area contributed by atoms with Gasteiger partial charge in [0.2, 0.25) is 0 Å². The Hall–Kier alpha value is -1.76. The lowest BCUT2D eigenvalue weighted by Crippen LogP contribution is -2.32. The van der Waals surface area contributed by atoms with E-state index < -0.39 is 0 Å². The zero-order valence-corrected chi connectivity index (χ0v) is 11.6. The fourth-order valence-corrected chi connectivity index (χ4v) is 1.87. The quantitative estimate of drug-likeness (QED) is 0.867. The zero-order chi connectivity index (χ0) is 13.7. The topological polar surface area (TPSA) is 65.9 Å². The Balaban J connectivity index is 3.01. The Morgan fingerprint density at radius 3 is 2.22 bits per heavy atom. The first-order valence-corrected chi connectivity index (χ1v) is 6.35. The molecule has 98 valence electrons. The number of nitriles is 1. The summed E-state index contributed by atoms with van der Waals surface area (Å²) >= 11 is 0. The van der Waals surface area contributed by atoms with E-state index in [1.54, 1.807) is 6.07 Å². The van der Waals surface area contributed by atoms with Gasteiger partial charge in [0, 0.05) is 13.1 Å². The number of anilines is 2. The van der Waals surface area contributed by atoms with Crippen molar-refractivity contribution >= 4 is 11.5 Å². The van der Waals surface area contributed by atoms with Crippen LogP contribution in [0.5, 0.6) is 0 Å². The maximum absolute atomic E-state index is 8.98. The van der Waals surface area contributed by atoms with Crippen LogP contribution in [0, 0.1) is 23.2 Å². The van der Waals surface area contributed by atoms with Gasteiger partial charge in [-0.1, -0.05) is 27.7 Å². The van der Waals surface area contributed by atoms with Gasteiger partial charge in [0.1, 0.15) is 11.9 Å². The molecule has 0 aromatic carbocycles. The molecular weight excluding hydrogens is 224 g/mol. The maximum atomic E-state index is 8.98. The molecule has 0 saturated carbocycles. The van der Waals surface area contributed by atoms with E-state index in [1.807, 2.05) is 12.1 Å². The van der Waals surface area contributed by atoms with Crippen molar-refractivity contribution in [3.05, 3.63) is 17.8 Å². The molecule has 0 spiro atoms. The van der Waals surface area contributed by atoms with E-state index in [2.05, 4.69) is 37.6 Å². The van der Waals surface area contributed by atoms with Gasteiger partial charge in [-0.25, -0.2) is 4.98 Å². The van der Waals surface area contributed by atoms with Gasteiger partial charge in [-0.15, -0.1) is 0 Å². The van der Waals surface area contributed by atoms with Crippen LogP contribution in [0.4, 0.5) is 11.5 Å². The van der Waals surface area contributed by atoms with Crippen LogP contribution in [0.3, 0.4) is 0 Å². The Kier molecular flexibility index (Phi) is 4.96. The van der Waals surface area contributed by atoms with Crippen molar-refractivity contribution < 1.29 is 0 Å². The van der Waals surface area contributed by atoms with Crippen LogP contribution in [0.2, 0.25) is 0 Å². The normalized spacial score (nSPS) is 10.7. The van der Waals surface area contributed by atoms with Crippen LogP contribution in [-0.4, -0.2) is 18.1 Å². The van der Waals surface area contributed by atoms with Gasteiger partial charge >= 0.3 is 0 Å². The van der Waals surface area contributed by atoms with E-state index in [4.69, 9.17) is 11.0 Å². The summed E-state index contributed by atoms with van der Waals surface area (Å²) in [5.74, 6) is 1.94. The van der Waals surface area contributed by atoms with Gasteiger partial charge < -0.3 is 10.6 Å². The Morgan fingerprint density at radius 2 is 1.78 bits per heavy atom. The third-order valence-electron chi connectivity index (χ3n) is 2.51. The maximum Gasteiger partial charge on any atom is 0.165 e. The summed E-state index contributed by atoms with van der Waals surface area (Å²) in [5, 5.41) is 8.98. The van der Waals surface area contributed by atoms with Gasteiger partial charge in [0.25, 0.3) is 0 Å². The fourth-order valence-electron chi connectivity index (χ4n) is 1.87. The average Bonchev–Trinajstić information content (AvgIpc) is 2.27. The molecule has 0 fully saturated rings. The third kappa shape index (κ3) is 3.92. The second-order valence-corrected chi connectivity index (χ2v) is 5.41. The second-order valence-electron chi connectivity index (χ2n) is 5.41. The SMILES string of the molecule is CC(C)CN(CC(C)C)c1ccc(N)c(C#N)n1. The molecule has 0 bridgehead atoms. The van der Waals surface area contributed by atoms with Gasteiger partial charge in [0.15, 0.2) is 5.69 Å². The highest BCUT2D eigenvalue weighted by molar-refractivity contribution is 5.55. The predicted octanol–water partition coefficient (Wildman–Crippen LogP) is 2.65. The molecule has 0 saturated heterocycles. The molecule has 2 N–H and O–H groups in total. The number of nitrogens with zero attached hydrogens (tertiary/aromatic N) is 3. The van der Waals surface area contributed by atoms with Crippen LogP contribution >= 0.6 is 0 Å². The molecule has 0 aliphatic carbocycles. The Morgan fingerprint density at radius 1 is 1.22 bits per heavy atom. The van der Waals surface area contributed by atoms with E-state index in [-0.39, 0.29) is 0 Å². The summed E-state index contributed by atoms with van der Waals surface area (Å²) < 4.78 is 0. The largest absolute Gasteiger partial charge is 0.396 e. The van der Waals surface area contributed by atoms with Crippen LogP contribution in [0.25, 0.3) is 0 Å².